The number of aryl methyl sites for hydroxylation is 1. The van der Waals surface area contributed by atoms with Crippen LogP contribution in [0.4, 0.5) is 0 Å². The van der Waals surface area contributed by atoms with Gasteiger partial charge in [-0.3, -0.25) is 4.99 Å². The van der Waals surface area contributed by atoms with Crippen molar-refractivity contribution in [1.29, 1.82) is 0 Å². The minimum atomic E-state index is 0.779. The van der Waals surface area contributed by atoms with Crippen LogP contribution in [0.15, 0.2) is 46.8 Å². The molecule has 0 fully saturated rings. The van der Waals surface area contributed by atoms with E-state index in [2.05, 4.69) is 70.8 Å². The summed E-state index contributed by atoms with van der Waals surface area (Å²) in [5, 5.41) is 6.82. The molecule has 0 amide bonds. The number of benzene rings is 1. The fourth-order valence-corrected chi connectivity index (χ4v) is 3.88. The van der Waals surface area contributed by atoms with Crippen LogP contribution in [-0.2, 0) is 12.8 Å². The van der Waals surface area contributed by atoms with Crippen molar-refractivity contribution in [2.75, 3.05) is 26.2 Å². The van der Waals surface area contributed by atoms with E-state index in [-0.39, 0.29) is 0 Å². The van der Waals surface area contributed by atoms with Crippen LogP contribution in [0.3, 0.4) is 0 Å². The Balaban J connectivity index is 1.60. The Labute approximate surface area is 160 Å². The summed E-state index contributed by atoms with van der Waals surface area (Å²) in [6.07, 6.45) is 5.31. The zero-order valence-corrected chi connectivity index (χ0v) is 16.6. The SMILES string of the molecule is CCNC(=NCCc1csc(CC)n1)N1CC=C(c2ccccc2)CC1. The molecule has 1 aromatic carbocycles. The highest BCUT2D eigenvalue weighted by molar-refractivity contribution is 7.09. The Morgan fingerprint density at radius 3 is 2.77 bits per heavy atom. The van der Waals surface area contributed by atoms with Crippen molar-refractivity contribution in [3.8, 4) is 0 Å². The normalized spacial score (nSPS) is 15.1. The van der Waals surface area contributed by atoms with Crippen LogP contribution in [0.5, 0.6) is 0 Å². The molecule has 0 spiro atoms. The zero-order chi connectivity index (χ0) is 18.2. The molecule has 1 aliphatic rings. The maximum absolute atomic E-state index is 4.83. The highest BCUT2D eigenvalue weighted by Crippen LogP contribution is 2.22. The fraction of sp³-hybridized carbons (Fsp3) is 0.429. The second-order valence-corrected chi connectivity index (χ2v) is 7.31. The van der Waals surface area contributed by atoms with Gasteiger partial charge in [-0.15, -0.1) is 11.3 Å². The summed E-state index contributed by atoms with van der Waals surface area (Å²) in [5.41, 5.74) is 3.94. The van der Waals surface area contributed by atoms with Crippen molar-refractivity contribution >= 4 is 22.9 Å². The molecule has 0 bridgehead atoms. The van der Waals surface area contributed by atoms with E-state index in [0.29, 0.717) is 0 Å². The van der Waals surface area contributed by atoms with Crippen LogP contribution in [0.1, 0.15) is 36.5 Å². The first-order chi connectivity index (χ1) is 12.8. The van der Waals surface area contributed by atoms with Gasteiger partial charge in [0, 0.05) is 38.0 Å². The van der Waals surface area contributed by atoms with Gasteiger partial charge in [0.15, 0.2) is 5.96 Å². The minimum absolute atomic E-state index is 0.779. The van der Waals surface area contributed by atoms with Crippen LogP contribution in [0.2, 0.25) is 0 Å². The minimum Gasteiger partial charge on any atom is -0.357 e. The van der Waals surface area contributed by atoms with Crippen LogP contribution in [0, 0.1) is 0 Å². The molecule has 2 aromatic rings. The molecule has 0 saturated heterocycles. The molecule has 138 valence electrons. The fourth-order valence-electron chi connectivity index (χ4n) is 3.10. The Morgan fingerprint density at radius 1 is 1.27 bits per heavy atom. The Morgan fingerprint density at radius 2 is 2.12 bits per heavy atom. The van der Waals surface area contributed by atoms with Gasteiger partial charge in [0.25, 0.3) is 0 Å². The molecule has 1 aliphatic heterocycles. The van der Waals surface area contributed by atoms with E-state index in [9.17, 15) is 0 Å². The predicted octanol–water partition coefficient (Wildman–Crippen LogP) is 4.00. The van der Waals surface area contributed by atoms with Crippen molar-refractivity contribution in [3.63, 3.8) is 0 Å². The molecule has 2 heterocycles. The van der Waals surface area contributed by atoms with Gasteiger partial charge in [-0.25, -0.2) is 4.98 Å². The molecule has 0 radical (unpaired) electrons. The molecule has 1 N–H and O–H groups in total. The number of nitrogens with zero attached hydrogens (tertiary/aromatic N) is 3. The number of thiazole rings is 1. The topological polar surface area (TPSA) is 40.5 Å². The number of rotatable bonds is 6. The molecule has 0 aliphatic carbocycles. The summed E-state index contributed by atoms with van der Waals surface area (Å²) in [6.45, 7) is 7.86. The quantitative estimate of drug-likeness (QED) is 0.619. The lowest BCUT2D eigenvalue weighted by Gasteiger charge is -2.29. The van der Waals surface area contributed by atoms with Gasteiger partial charge in [0.05, 0.1) is 10.7 Å². The number of aromatic nitrogens is 1. The molecule has 26 heavy (non-hydrogen) atoms. The van der Waals surface area contributed by atoms with Gasteiger partial charge in [0.1, 0.15) is 0 Å². The summed E-state index contributed by atoms with van der Waals surface area (Å²) in [7, 11) is 0. The first kappa shape index (κ1) is 18.6. The van der Waals surface area contributed by atoms with E-state index >= 15 is 0 Å². The Bertz CT molecular complexity index is 748. The number of aliphatic imine (C=N–C) groups is 1. The maximum Gasteiger partial charge on any atom is 0.194 e. The number of hydrogen-bond acceptors (Lipinski definition) is 3. The Kier molecular flexibility index (Phi) is 6.83. The largest absolute Gasteiger partial charge is 0.357 e. The maximum atomic E-state index is 4.83. The van der Waals surface area contributed by atoms with E-state index in [1.807, 2.05) is 0 Å². The van der Waals surface area contributed by atoms with Crippen molar-refractivity contribution < 1.29 is 0 Å². The van der Waals surface area contributed by atoms with Crippen LogP contribution < -0.4 is 5.32 Å². The third-order valence-corrected chi connectivity index (χ3v) is 5.56. The third kappa shape index (κ3) is 4.94. The monoisotopic (exact) mass is 368 g/mol. The molecule has 4 nitrogen and oxygen atoms in total. The van der Waals surface area contributed by atoms with Crippen LogP contribution in [-0.4, -0.2) is 42.0 Å². The van der Waals surface area contributed by atoms with Gasteiger partial charge < -0.3 is 10.2 Å². The van der Waals surface area contributed by atoms with E-state index in [1.54, 1.807) is 11.3 Å². The molecule has 1 aromatic heterocycles. The van der Waals surface area contributed by atoms with E-state index in [0.717, 1.165) is 57.1 Å². The van der Waals surface area contributed by atoms with E-state index in [4.69, 9.17) is 4.99 Å². The lowest BCUT2D eigenvalue weighted by atomic mass is 10.00. The average Bonchev–Trinajstić information content (AvgIpc) is 3.16. The number of guanidine groups is 1. The van der Waals surface area contributed by atoms with Crippen molar-refractivity contribution in [2.45, 2.75) is 33.1 Å². The lowest BCUT2D eigenvalue weighted by Crippen LogP contribution is -2.43. The first-order valence-electron chi connectivity index (χ1n) is 9.51. The van der Waals surface area contributed by atoms with Gasteiger partial charge in [-0.05, 0) is 30.9 Å². The Hall–Kier alpha value is -2.14. The lowest BCUT2D eigenvalue weighted by molar-refractivity contribution is 0.440. The van der Waals surface area contributed by atoms with Crippen molar-refractivity contribution in [2.24, 2.45) is 4.99 Å². The molecule has 3 rings (SSSR count). The summed E-state index contributed by atoms with van der Waals surface area (Å²) >= 11 is 1.75. The highest BCUT2D eigenvalue weighted by atomic mass is 32.1. The van der Waals surface area contributed by atoms with Gasteiger partial charge in [0.2, 0.25) is 0 Å². The van der Waals surface area contributed by atoms with Crippen molar-refractivity contribution in [3.05, 3.63) is 58.1 Å². The predicted molar refractivity (Wildman–Crippen MR) is 112 cm³/mol. The molecule has 0 atom stereocenters. The second kappa shape index (κ2) is 9.53. The molecule has 0 saturated carbocycles. The van der Waals surface area contributed by atoms with E-state index < -0.39 is 0 Å². The summed E-state index contributed by atoms with van der Waals surface area (Å²) in [6, 6.07) is 10.7. The standard InChI is InChI=1S/C21H28N4S/c1-3-20-24-19(16-26-20)10-13-23-21(22-4-2)25-14-11-18(12-15-25)17-8-6-5-7-9-17/h5-9,11,16H,3-4,10,12-15H2,1-2H3,(H,22,23). The number of nitrogens with one attached hydrogen (secondary N) is 1. The van der Waals surface area contributed by atoms with Crippen LogP contribution >= 0.6 is 11.3 Å². The third-order valence-electron chi connectivity index (χ3n) is 4.52. The second-order valence-electron chi connectivity index (χ2n) is 6.36. The van der Waals surface area contributed by atoms with Gasteiger partial charge in [-0.1, -0.05) is 43.3 Å². The smallest absolute Gasteiger partial charge is 0.194 e. The van der Waals surface area contributed by atoms with E-state index in [1.165, 1.54) is 16.1 Å². The summed E-state index contributed by atoms with van der Waals surface area (Å²) < 4.78 is 0. The highest BCUT2D eigenvalue weighted by Gasteiger charge is 2.16. The molecule has 0 unspecified atom stereocenters. The van der Waals surface area contributed by atoms with Crippen molar-refractivity contribution in [1.82, 2.24) is 15.2 Å². The van der Waals surface area contributed by atoms with Gasteiger partial charge >= 0.3 is 0 Å². The van der Waals surface area contributed by atoms with Crippen LogP contribution in [0.25, 0.3) is 5.57 Å². The zero-order valence-electron chi connectivity index (χ0n) is 15.7. The molecular formula is C21H28N4S. The average molecular weight is 369 g/mol. The summed E-state index contributed by atoms with van der Waals surface area (Å²) in [5.74, 6) is 1.02. The van der Waals surface area contributed by atoms with Gasteiger partial charge in [-0.2, -0.15) is 0 Å². The molecular weight excluding hydrogens is 340 g/mol. The summed E-state index contributed by atoms with van der Waals surface area (Å²) in [4.78, 5) is 11.8. The molecule has 5 heteroatoms. The first-order valence-corrected chi connectivity index (χ1v) is 10.4. The number of hydrogen-bond donors (Lipinski definition) is 1.